The number of ether oxygens (including phenoxy) is 1. The molecule has 1 N–H and O–H groups in total. The van der Waals surface area contributed by atoms with Crippen LogP contribution in [-0.2, 0) is 19.4 Å². The van der Waals surface area contributed by atoms with Crippen LogP contribution in [0, 0.1) is 10.1 Å². The number of Topliss-reactive ketones (excluding diaryl/α,β-unsaturated/α-hetero) is 1. The molecule has 30 heavy (non-hydrogen) atoms. The van der Waals surface area contributed by atoms with Gasteiger partial charge in [0, 0.05) is 23.6 Å². The average Bonchev–Trinajstić information content (AvgIpc) is 2.66. The maximum Gasteiger partial charge on any atom is 0.339 e. The number of nitro groups is 1. The van der Waals surface area contributed by atoms with Gasteiger partial charge in [0.1, 0.15) is 4.90 Å². The summed E-state index contributed by atoms with van der Waals surface area (Å²) in [6, 6.07) is 8.93. The average molecular weight is 434 g/mol. The zero-order valence-corrected chi connectivity index (χ0v) is 17.1. The molecule has 0 aliphatic rings. The SMILES string of the molecule is CC(=O)c1cccc(NC(=O)[C@@H](C)OC(=O)c2ccc(S(C)(=O)=O)c([N+](=O)[O-])c2)c1. The van der Waals surface area contributed by atoms with Crippen LogP contribution >= 0.6 is 0 Å². The summed E-state index contributed by atoms with van der Waals surface area (Å²) in [6.07, 6.45) is -0.465. The molecule has 10 nitrogen and oxygen atoms in total. The first-order chi connectivity index (χ1) is 13.9. The molecule has 2 rings (SSSR count). The van der Waals surface area contributed by atoms with Crippen molar-refractivity contribution in [2.45, 2.75) is 24.8 Å². The predicted molar refractivity (Wildman–Crippen MR) is 106 cm³/mol. The summed E-state index contributed by atoms with van der Waals surface area (Å²) in [4.78, 5) is 45.6. The van der Waals surface area contributed by atoms with Crippen LogP contribution in [0.5, 0.6) is 0 Å². The number of hydrogen-bond acceptors (Lipinski definition) is 8. The summed E-state index contributed by atoms with van der Waals surface area (Å²) in [5.74, 6) is -1.92. The molecule has 158 valence electrons. The monoisotopic (exact) mass is 434 g/mol. The van der Waals surface area contributed by atoms with Crippen LogP contribution < -0.4 is 5.32 Å². The van der Waals surface area contributed by atoms with E-state index in [4.69, 9.17) is 4.74 Å². The zero-order chi connectivity index (χ0) is 22.6. The maximum atomic E-state index is 12.3. The van der Waals surface area contributed by atoms with Gasteiger partial charge in [-0.05, 0) is 38.1 Å². The molecule has 0 aliphatic heterocycles. The van der Waals surface area contributed by atoms with Crippen molar-refractivity contribution in [2.75, 3.05) is 11.6 Å². The number of ketones is 1. The number of benzene rings is 2. The minimum Gasteiger partial charge on any atom is -0.449 e. The van der Waals surface area contributed by atoms with Gasteiger partial charge in [-0.3, -0.25) is 19.7 Å². The molecule has 1 atom stereocenters. The van der Waals surface area contributed by atoms with Crippen LogP contribution in [0.3, 0.4) is 0 Å². The Hall–Kier alpha value is -3.60. The second kappa shape index (κ2) is 8.82. The van der Waals surface area contributed by atoms with Crippen LogP contribution in [0.2, 0.25) is 0 Å². The molecular formula is C19H18N2O8S. The van der Waals surface area contributed by atoms with Crippen molar-refractivity contribution in [1.82, 2.24) is 0 Å². The summed E-state index contributed by atoms with van der Waals surface area (Å²) < 4.78 is 28.3. The number of sulfone groups is 1. The third-order valence-electron chi connectivity index (χ3n) is 3.98. The topological polar surface area (TPSA) is 150 Å². The van der Waals surface area contributed by atoms with Gasteiger partial charge in [0.15, 0.2) is 21.7 Å². The van der Waals surface area contributed by atoms with Gasteiger partial charge < -0.3 is 10.1 Å². The van der Waals surface area contributed by atoms with Gasteiger partial charge in [0.05, 0.1) is 10.5 Å². The van der Waals surface area contributed by atoms with Crippen LogP contribution in [0.25, 0.3) is 0 Å². The Kier molecular flexibility index (Phi) is 6.67. The van der Waals surface area contributed by atoms with E-state index in [2.05, 4.69) is 5.32 Å². The minimum atomic E-state index is -3.88. The first-order valence-corrected chi connectivity index (χ1v) is 10.4. The van der Waals surface area contributed by atoms with Gasteiger partial charge in [0.25, 0.3) is 11.6 Å². The van der Waals surface area contributed by atoms with E-state index in [0.717, 1.165) is 24.5 Å². The molecule has 0 bridgehead atoms. The molecule has 0 fully saturated rings. The number of nitrogens with zero attached hydrogens (tertiary/aromatic N) is 1. The molecule has 0 radical (unpaired) electrons. The molecule has 0 unspecified atom stereocenters. The van der Waals surface area contributed by atoms with Crippen molar-refractivity contribution in [3.05, 3.63) is 63.7 Å². The van der Waals surface area contributed by atoms with E-state index < -0.39 is 43.3 Å². The van der Waals surface area contributed by atoms with E-state index in [1.807, 2.05) is 0 Å². The minimum absolute atomic E-state index is 0.190. The molecule has 0 heterocycles. The van der Waals surface area contributed by atoms with Gasteiger partial charge >= 0.3 is 5.97 Å². The summed E-state index contributed by atoms with van der Waals surface area (Å²) >= 11 is 0. The number of nitro benzene ring substituents is 1. The van der Waals surface area contributed by atoms with Crippen LogP contribution in [0.15, 0.2) is 47.4 Å². The lowest BCUT2D eigenvalue weighted by Crippen LogP contribution is -2.30. The highest BCUT2D eigenvalue weighted by molar-refractivity contribution is 7.90. The molecule has 0 saturated carbocycles. The third kappa shape index (κ3) is 5.47. The van der Waals surface area contributed by atoms with Crippen molar-refractivity contribution < 1.29 is 32.5 Å². The zero-order valence-electron chi connectivity index (χ0n) is 16.2. The highest BCUT2D eigenvalue weighted by atomic mass is 32.2. The number of carbonyl (C=O) groups excluding carboxylic acids is 3. The highest BCUT2D eigenvalue weighted by Gasteiger charge is 2.26. The van der Waals surface area contributed by atoms with Gasteiger partial charge in [-0.15, -0.1) is 0 Å². The lowest BCUT2D eigenvalue weighted by atomic mass is 10.1. The summed E-state index contributed by atoms with van der Waals surface area (Å²) in [5.41, 5.74) is -0.350. The van der Waals surface area contributed by atoms with Gasteiger partial charge in [-0.25, -0.2) is 13.2 Å². The Bertz CT molecular complexity index is 1140. The van der Waals surface area contributed by atoms with Gasteiger partial charge in [-0.1, -0.05) is 12.1 Å². The van der Waals surface area contributed by atoms with Gasteiger partial charge in [-0.2, -0.15) is 0 Å². The quantitative estimate of drug-likeness (QED) is 0.302. The van der Waals surface area contributed by atoms with E-state index in [-0.39, 0.29) is 11.3 Å². The summed E-state index contributed by atoms with van der Waals surface area (Å²) in [7, 11) is -3.88. The van der Waals surface area contributed by atoms with Crippen molar-refractivity contribution in [3.8, 4) is 0 Å². The lowest BCUT2D eigenvalue weighted by molar-refractivity contribution is -0.387. The standard InChI is InChI=1S/C19H18N2O8S/c1-11(22)13-5-4-6-15(9-13)20-18(23)12(2)29-19(24)14-7-8-17(30(3,27)28)16(10-14)21(25)26/h4-10,12H,1-3H3,(H,20,23)/t12-/m1/s1. The number of amides is 1. The number of carbonyl (C=O) groups is 3. The fraction of sp³-hybridized carbons (Fsp3) is 0.211. The van der Waals surface area contributed by atoms with Crippen LogP contribution in [0.4, 0.5) is 11.4 Å². The Morgan fingerprint density at radius 3 is 2.33 bits per heavy atom. The van der Waals surface area contributed by atoms with E-state index in [0.29, 0.717) is 11.3 Å². The fourth-order valence-corrected chi connectivity index (χ4v) is 3.27. The molecule has 0 aromatic heterocycles. The third-order valence-corrected chi connectivity index (χ3v) is 5.12. The Labute approximate surface area is 171 Å². The molecule has 0 saturated heterocycles. The highest BCUT2D eigenvalue weighted by Crippen LogP contribution is 2.25. The van der Waals surface area contributed by atoms with E-state index in [1.54, 1.807) is 18.2 Å². The maximum absolute atomic E-state index is 12.3. The predicted octanol–water partition coefficient (Wildman–Crippen LogP) is 2.38. The molecule has 11 heteroatoms. The Balaban J connectivity index is 2.16. The molecule has 0 aliphatic carbocycles. The first kappa shape index (κ1) is 22.7. The largest absolute Gasteiger partial charge is 0.449 e. The Morgan fingerprint density at radius 1 is 1.10 bits per heavy atom. The van der Waals surface area contributed by atoms with E-state index in [1.165, 1.54) is 19.9 Å². The molecule has 2 aromatic rings. The van der Waals surface area contributed by atoms with Crippen molar-refractivity contribution in [1.29, 1.82) is 0 Å². The molecular weight excluding hydrogens is 416 g/mol. The fourth-order valence-electron chi connectivity index (χ4n) is 2.44. The number of anilines is 1. The Morgan fingerprint density at radius 2 is 1.77 bits per heavy atom. The number of rotatable bonds is 7. The first-order valence-electron chi connectivity index (χ1n) is 8.51. The number of hydrogen-bond donors (Lipinski definition) is 1. The normalized spacial score (nSPS) is 12.0. The van der Waals surface area contributed by atoms with Gasteiger partial charge in [0.2, 0.25) is 0 Å². The molecule has 1 amide bonds. The van der Waals surface area contributed by atoms with Crippen LogP contribution in [-0.4, -0.2) is 43.4 Å². The summed E-state index contributed by atoms with van der Waals surface area (Å²) in [6.45, 7) is 2.67. The van der Waals surface area contributed by atoms with E-state index >= 15 is 0 Å². The van der Waals surface area contributed by atoms with Crippen LogP contribution in [0.1, 0.15) is 34.6 Å². The van der Waals surface area contributed by atoms with E-state index in [9.17, 15) is 32.9 Å². The number of nitrogens with one attached hydrogen (secondary N) is 1. The smallest absolute Gasteiger partial charge is 0.339 e. The number of esters is 1. The lowest BCUT2D eigenvalue weighted by Gasteiger charge is -2.14. The second-order valence-corrected chi connectivity index (χ2v) is 8.37. The summed E-state index contributed by atoms with van der Waals surface area (Å²) in [5, 5.41) is 13.6. The van der Waals surface area contributed by atoms with Crippen molar-refractivity contribution in [2.24, 2.45) is 0 Å². The second-order valence-electron chi connectivity index (χ2n) is 6.39. The van der Waals surface area contributed by atoms with Crippen molar-refractivity contribution in [3.63, 3.8) is 0 Å². The molecule has 0 spiro atoms. The van der Waals surface area contributed by atoms with Crippen molar-refractivity contribution >= 4 is 38.9 Å². The molecule has 2 aromatic carbocycles.